The second-order valence-electron chi connectivity index (χ2n) is 4.28. The molecule has 0 unspecified atom stereocenters. The van der Waals surface area contributed by atoms with Crippen molar-refractivity contribution in [1.82, 2.24) is 9.78 Å². The number of methoxy groups -OCH3 is 1. The summed E-state index contributed by atoms with van der Waals surface area (Å²) >= 11 is 0. The third-order valence-electron chi connectivity index (χ3n) is 3.00. The molecule has 0 aromatic carbocycles. The normalized spacial score (nSPS) is 10.5. The van der Waals surface area contributed by atoms with Crippen molar-refractivity contribution in [2.75, 3.05) is 12.4 Å². The molecule has 0 fully saturated rings. The van der Waals surface area contributed by atoms with Gasteiger partial charge in [-0.2, -0.15) is 5.10 Å². The van der Waals surface area contributed by atoms with Gasteiger partial charge < -0.3 is 14.5 Å². The van der Waals surface area contributed by atoms with E-state index >= 15 is 0 Å². The number of hydrogen-bond acceptors (Lipinski definition) is 5. The van der Waals surface area contributed by atoms with E-state index < -0.39 is 5.97 Å². The number of nitrogens with one attached hydrogen (secondary N) is 1. The van der Waals surface area contributed by atoms with Gasteiger partial charge in [-0.1, -0.05) is 0 Å². The van der Waals surface area contributed by atoms with Crippen LogP contribution in [0, 0.1) is 13.8 Å². The number of aromatic nitrogens is 2. The van der Waals surface area contributed by atoms with Crippen molar-refractivity contribution >= 4 is 11.7 Å². The number of rotatable bonds is 4. The molecule has 2 aromatic heterocycles. The summed E-state index contributed by atoms with van der Waals surface area (Å²) in [5.74, 6) is 0.405. The largest absolute Gasteiger partial charge is 0.463 e. The number of esters is 1. The smallest absolute Gasteiger partial charge is 0.373 e. The Labute approximate surface area is 111 Å². The lowest BCUT2D eigenvalue weighted by Gasteiger charge is -2.04. The van der Waals surface area contributed by atoms with Gasteiger partial charge in [0.25, 0.3) is 0 Å². The number of carbonyl (C=O) groups excluding carboxylic acids is 1. The molecule has 2 heterocycles. The monoisotopic (exact) mass is 263 g/mol. The fraction of sp³-hybridized carbons (Fsp3) is 0.385. The molecule has 0 amide bonds. The van der Waals surface area contributed by atoms with Crippen LogP contribution in [-0.4, -0.2) is 22.9 Å². The zero-order valence-electron chi connectivity index (χ0n) is 11.5. The predicted molar refractivity (Wildman–Crippen MR) is 70.1 cm³/mol. The van der Waals surface area contributed by atoms with E-state index in [9.17, 15) is 4.79 Å². The maximum atomic E-state index is 11.3. The molecule has 0 radical (unpaired) electrons. The summed E-state index contributed by atoms with van der Waals surface area (Å²) in [6, 6.07) is 3.35. The van der Waals surface area contributed by atoms with Gasteiger partial charge in [0, 0.05) is 7.05 Å². The highest BCUT2D eigenvalue weighted by Crippen LogP contribution is 2.19. The highest BCUT2D eigenvalue weighted by atomic mass is 16.5. The van der Waals surface area contributed by atoms with Gasteiger partial charge in [-0.25, -0.2) is 4.79 Å². The lowest BCUT2D eigenvalue weighted by molar-refractivity contribution is 0.0563. The minimum Gasteiger partial charge on any atom is -0.463 e. The fourth-order valence-electron chi connectivity index (χ4n) is 1.89. The Hall–Kier alpha value is -2.24. The molecule has 1 N–H and O–H groups in total. The average molecular weight is 263 g/mol. The Morgan fingerprint density at radius 2 is 2.21 bits per heavy atom. The Balaban J connectivity index is 2.06. The van der Waals surface area contributed by atoms with Crippen LogP contribution in [-0.2, 0) is 18.3 Å². The number of furan rings is 1. The van der Waals surface area contributed by atoms with Gasteiger partial charge in [0.1, 0.15) is 5.76 Å². The summed E-state index contributed by atoms with van der Waals surface area (Å²) in [5, 5.41) is 7.58. The van der Waals surface area contributed by atoms with Gasteiger partial charge in [-0.15, -0.1) is 0 Å². The topological polar surface area (TPSA) is 69.3 Å². The molecule has 0 aliphatic rings. The molecule has 0 atom stereocenters. The highest BCUT2D eigenvalue weighted by molar-refractivity contribution is 5.86. The molecule has 6 nitrogen and oxygen atoms in total. The van der Waals surface area contributed by atoms with Crippen LogP contribution in [0.1, 0.15) is 27.7 Å². The molecule has 0 aliphatic heterocycles. The van der Waals surface area contributed by atoms with Gasteiger partial charge in [0.15, 0.2) is 0 Å². The van der Waals surface area contributed by atoms with Crippen LogP contribution in [0.2, 0.25) is 0 Å². The van der Waals surface area contributed by atoms with E-state index in [-0.39, 0.29) is 5.76 Å². The van der Waals surface area contributed by atoms with Crippen molar-refractivity contribution in [3.63, 3.8) is 0 Å². The molecule has 2 rings (SSSR count). The van der Waals surface area contributed by atoms with Crippen LogP contribution in [0.4, 0.5) is 5.69 Å². The number of carbonyl (C=O) groups is 1. The zero-order valence-corrected chi connectivity index (χ0v) is 11.5. The van der Waals surface area contributed by atoms with E-state index in [1.54, 1.807) is 12.1 Å². The van der Waals surface area contributed by atoms with Gasteiger partial charge >= 0.3 is 5.97 Å². The van der Waals surface area contributed by atoms with E-state index in [1.807, 2.05) is 25.6 Å². The molecule has 0 saturated carbocycles. The third-order valence-corrected chi connectivity index (χ3v) is 3.00. The maximum absolute atomic E-state index is 11.3. The number of aryl methyl sites for hydroxylation is 2. The van der Waals surface area contributed by atoms with Crippen molar-refractivity contribution in [2.24, 2.45) is 7.05 Å². The molecule has 102 valence electrons. The van der Waals surface area contributed by atoms with Gasteiger partial charge in [-0.3, -0.25) is 4.68 Å². The quantitative estimate of drug-likeness (QED) is 0.855. The van der Waals surface area contributed by atoms with E-state index in [4.69, 9.17) is 4.42 Å². The van der Waals surface area contributed by atoms with Crippen molar-refractivity contribution in [3.8, 4) is 0 Å². The second-order valence-corrected chi connectivity index (χ2v) is 4.28. The molecule has 0 bridgehead atoms. The second kappa shape index (κ2) is 5.17. The molecular weight excluding hydrogens is 246 g/mol. The summed E-state index contributed by atoms with van der Waals surface area (Å²) in [6.07, 6.45) is 0. The van der Waals surface area contributed by atoms with Gasteiger partial charge in [0.05, 0.1) is 30.7 Å². The third kappa shape index (κ3) is 2.62. The summed E-state index contributed by atoms with van der Waals surface area (Å²) in [7, 11) is 3.22. The Kier molecular flexibility index (Phi) is 3.59. The first kappa shape index (κ1) is 13.2. The minimum atomic E-state index is -0.472. The van der Waals surface area contributed by atoms with Crippen LogP contribution < -0.4 is 5.32 Å². The van der Waals surface area contributed by atoms with Crippen molar-refractivity contribution in [2.45, 2.75) is 20.4 Å². The molecule has 6 heteroatoms. The summed E-state index contributed by atoms with van der Waals surface area (Å²) in [4.78, 5) is 11.3. The minimum absolute atomic E-state index is 0.207. The number of hydrogen-bond donors (Lipinski definition) is 1. The Morgan fingerprint density at radius 3 is 2.79 bits per heavy atom. The Morgan fingerprint density at radius 1 is 1.47 bits per heavy atom. The lowest BCUT2D eigenvalue weighted by atomic mass is 10.3. The lowest BCUT2D eigenvalue weighted by Crippen LogP contribution is -2.01. The number of anilines is 1. The van der Waals surface area contributed by atoms with Crippen LogP contribution in [0.3, 0.4) is 0 Å². The highest BCUT2D eigenvalue weighted by Gasteiger charge is 2.12. The summed E-state index contributed by atoms with van der Waals surface area (Å²) < 4.78 is 11.8. The standard InChI is InChI=1S/C13H17N3O3/c1-8-12(9(2)16(3)15-8)14-7-10-5-6-11(19-10)13(17)18-4/h5-6,14H,7H2,1-4H3. The maximum Gasteiger partial charge on any atom is 0.373 e. The zero-order chi connectivity index (χ0) is 14.0. The summed E-state index contributed by atoms with van der Waals surface area (Å²) in [5.41, 5.74) is 2.97. The molecule has 0 saturated heterocycles. The summed E-state index contributed by atoms with van der Waals surface area (Å²) in [6.45, 7) is 4.42. The van der Waals surface area contributed by atoms with Crippen molar-refractivity contribution in [1.29, 1.82) is 0 Å². The van der Waals surface area contributed by atoms with Gasteiger partial charge in [-0.05, 0) is 26.0 Å². The first-order chi connectivity index (χ1) is 9.02. The molecule has 19 heavy (non-hydrogen) atoms. The van der Waals surface area contributed by atoms with Gasteiger partial charge in [0.2, 0.25) is 5.76 Å². The molecule has 2 aromatic rings. The first-order valence-electron chi connectivity index (χ1n) is 5.94. The predicted octanol–water partition coefficient (Wildman–Crippen LogP) is 2.03. The van der Waals surface area contributed by atoms with Crippen molar-refractivity contribution in [3.05, 3.63) is 35.0 Å². The van der Waals surface area contributed by atoms with Crippen LogP contribution in [0.5, 0.6) is 0 Å². The average Bonchev–Trinajstić information content (AvgIpc) is 2.94. The van der Waals surface area contributed by atoms with E-state index in [0.717, 1.165) is 17.1 Å². The Bertz CT molecular complexity index is 598. The van der Waals surface area contributed by atoms with Crippen LogP contribution in [0.15, 0.2) is 16.5 Å². The fourth-order valence-corrected chi connectivity index (χ4v) is 1.89. The van der Waals surface area contributed by atoms with E-state index in [0.29, 0.717) is 12.3 Å². The van der Waals surface area contributed by atoms with E-state index in [2.05, 4.69) is 15.2 Å². The molecular formula is C13H17N3O3. The molecule has 0 spiro atoms. The van der Waals surface area contributed by atoms with Crippen molar-refractivity contribution < 1.29 is 13.9 Å². The van der Waals surface area contributed by atoms with E-state index in [1.165, 1.54) is 7.11 Å². The number of ether oxygens (including phenoxy) is 1. The first-order valence-corrected chi connectivity index (χ1v) is 5.94. The molecule has 0 aliphatic carbocycles. The van der Waals surface area contributed by atoms with Crippen LogP contribution >= 0.6 is 0 Å². The van der Waals surface area contributed by atoms with Crippen LogP contribution in [0.25, 0.3) is 0 Å². The SMILES string of the molecule is COC(=O)c1ccc(CNc2c(C)nn(C)c2C)o1. The number of nitrogens with zero attached hydrogens (tertiary/aromatic N) is 2.